The molecule has 2 aromatic rings. The van der Waals surface area contributed by atoms with E-state index in [9.17, 15) is 10.2 Å². The zero-order valence-corrected chi connectivity index (χ0v) is 31.7. The van der Waals surface area contributed by atoms with Crippen molar-refractivity contribution in [2.75, 3.05) is 13.2 Å². The monoisotopic (exact) mass is 670 g/mol. The van der Waals surface area contributed by atoms with Crippen LogP contribution in [-0.2, 0) is 18.3 Å². The fourth-order valence-corrected chi connectivity index (χ4v) is 15.3. The lowest BCUT2D eigenvalue weighted by Crippen LogP contribution is -2.66. The normalized spacial score (nSPS) is 23.2. The molecule has 0 unspecified atom stereocenters. The van der Waals surface area contributed by atoms with E-state index in [0.29, 0.717) is 38.9 Å². The van der Waals surface area contributed by atoms with Gasteiger partial charge in [-0.1, -0.05) is 102 Å². The maximum absolute atomic E-state index is 11.6. The van der Waals surface area contributed by atoms with Gasteiger partial charge in [0, 0.05) is 25.6 Å². The summed E-state index contributed by atoms with van der Waals surface area (Å²) in [5.41, 5.74) is -1.24. The molecule has 2 heterocycles. The Bertz CT molecular complexity index is 1130. The smallest absolute Gasteiger partial charge is 0.261 e. The van der Waals surface area contributed by atoms with Crippen molar-refractivity contribution in [1.29, 1.82) is 0 Å². The lowest BCUT2D eigenvalue weighted by atomic mass is 9.87. The molecule has 4 rings (SSSR count). The third kappa shape index (κ3) is 8.61. The number of aliphatic hydroxyl groups excluding tert-OH is 1. The van der Waals surface area contributed by atoms with Gasteiger partial charge in [-0.15, -0.1) is 0 Å². The van der Waals surface area contributed by atoms with Crippen LogP contribution < -0.4 is 10.4 Å². The lowest BCUT2D eigenvalue weighted by molar-refractivity contribution is -0.199. The molecule has 6 nitrogen and oxygen atoms in total. The van der Waals surface area contributed by atoms with E-state index in [4.69, 9.17) is 18.3 Å². The van der Waals surface area contributed by atoms with Gasteiger partial charge in [0.05, 0.1) is 24.4 Å². The Morgan fingerprint density at radius 1 is 0.891 bits per heavy atom. The third-order valence-corrected chi connectivity index (χ3v) is 20.8. The van der Waals surface area contributed by atoms with Crippen molar-refractivity contribution in [3.05, 3.63) is 60.7 Å². The summed E-state index contributed by atoms with van der Waals surface area (Å²) in [6, 6.07) is 24.7. The van der Waals surface area contributed by atoms with E-state index >= 15 is 0 Å². The molecule has 2 aromatic carbocycles. The molecule has 0 aliphatic carbocycles. The molecule has 2 N–H and O–H groups in total. The molecule has 0 aromatic heterocycles. The first-order valence-corrected chi connectivity index (χ1v) is 22.4. The molecule has 5 atom stereocenters. The minimum absolute atomic E-state index is 0.0531. The Hall–Kier alpha value is -1.37. The van der Waals surface area contributed by atoms with Gasteiger partial charge < -0.3 is 28.5 Å². The molecule has 2 aliphatic heterocycles. The number of rotatable bonds is 18. The minimum atomic E-state index is -2.67. The van der Waals surface area contributed by atoms with Crippen molar-refractivity contribution in [3.63, 3.8) is 0 Å². The fraction of sp³-hybridized carbons (Fsp3) is 0.684. The van der Waals surface area contributed by atoms with Gasteiger partial charge in [-0.05, 0) is 79.0 Å². The topological polar surface area (TPSA) is 77.4 Å². The van der Waals surface area contributed by atoms with Crippen LogP contribution in [0.25, 0.3) is 0 Å². The van der Waals surface area contributed by atoms with Gasteiger partial charge in [0.15, 0.2) is 14.1 Å². The largest absolute Gasteiger partial charge is 0.414 e. The molecular weight excluding hydrogens is 609 g/mol. The van der Waals surface area contributed by atoms with Gasteiger partial charge in [0.2, 0.25) is 0 Å². The molecule has 0 radical (unpaired) electrons. The van der Waals surface area contributed by atoms with Crippen LogP contribution in [0.4, 0.5) is 0 Å². The third-order valence-electron chi connectivity index (χ3n) is 11.0. The highest BCUT2D eigenvalue weighted by molar-refractivity contribution is 6.99. The van der Waals surface area contributed by atoms with Crippen LogP contribution in [0, 0.1) is 0 Å². The second kappa shape index (κ2) is 15.9. The predicted molar refractivity (Wildman–Crippen MR) is 193 cm³/mol. The van der Waals surface area contributed by atoms with Gasteiger partial charge in [-0.25, -0.2) is 0 Å². The van der Waals surface area contributed by atoms with Crippen LogP contribution in [0.1, 0.15) is 99.8 Å². The summed E-state index contributed by atoms with van der Waals surface area (Å²) < 4.78 is 26.6. The Balaban J connectivity index is 1.49. The summed E-state index contributed by atoms with van der Waals surface area (Å²) >= 11 is 0. The fourth-order valence-electron chi connectivity index (χ4n) is 7.75. The van der Waals surface area contributed by atoms with E-state index in [2.05, 4.69) is 102 Å². The molecular formula is C38H62O6Si2. The van der Waals surface area contributed by atoms with Crippen LogP contribution in [0.2, 0.25) is 23.2 Å². The van der Waals surface area contributed by atoms with E-state index in [1.54, 1.807) is 6.92 Å². The van der Waals surface area contributed by atoms with Gasteiger partial charge in [0.1, 0.15) is 0 Å². The SMILES string of the molecule is CC[Si](CC)(CC)O[C@@H](CCO[Si](c1ccccc1)(c1ccccc1)C(C)(C)C)CC[C@](C)(O)[C@@H](O)CC[C@@]12CCC[C@@H](CO1)O2. The van der Waals surface area contributed by atoms with Crippen LogP contribution in [0.5, 0.6) is 0 Å². The highest BCUT2D eigenvalue weighted by Crippen LogP contribution is 2.41. The summed E-state index contributed by atoms with van der Waals surface area (Å²) in [6.45, 7) is 16.7. The average Bonchev–Trinajstić information content (AvgIpc) is 3.35. The average molecular weight is 671 g/mol. The first-order valence-electron chi connectivity index (χ1n) is 18.0. The quantitative estimate of drug-likeness (QED) is 0.162. The van der Waals surface area contributed by atoms with Crippen molar-refractivity contribution in [2.45, 2.75) is 153 Å². The summed E-state index contributed by atoms with van der Waals surface area (Å²) in [5, 5.41) is 25.2. The van der Waals surface area contributed by atoms with Crippen LogP contribution in [0.3, 0.4) is 0 Å². The molecule has 258 valence electrons. The zero-order valence-electron chi connectivity index (χ0n) is 29.7. The predicted octanol–water partition coefficient (Wildman–Crippen LogP) is 7.31. The van der Waals surface area contributed by atoms with E-state index in [-0.39, 0.29) is 17.2 Å². The summed E-state index contributed by atoms with van der Waals surface area (Å²) in [4.78, 5) is 0. The first-order chi connectivity index (χ1) is 21.8. The number of aliphatic hydroxyl groups is 2. The molecule has 0 amide bonds. The van der Waals surface area contributed by atoms with E-state index in [1.807, 2.05) is 0 Å². The van der Waals surface area contributed by atoms with E-state index < -0.39 is 34.1 Å². The summed E-state index contributed by atoms with van der Waals surface area (Å²) in [6.07, 6.45) is 5.16. The van der Waals surface area contributed by atoms with E-state index in [0.717, 1.165) is 43.8 Å². The Labute approximate surface area is 281 Å². The molecule has 8 heteroatoms. The second-order valence-corrected chi connectivity index (χ2v) is 24.1. The molecule has 2 saturated heterocycles. The van der Waals surface area contributed by atoms with Crippen LogP contribution in [0.15, 0.2) is 60.7 Å². The number of benzene rings is 2. The standard InChI is InChI=1S/C38H62O6Si2/c1-8-45(9-2,10-3)44-31(23-27-37(7,40)35(39)24-28-38-26-17-18-32(43-38)30-41-38)25-29-42-46(36(4,5)6,33-19-13-11-14-20-33)34-21-15-12-16-22-34/h11-16,19-22,31-32,35,39-40H,8-10,17-18,23-30H2,1-7H3/t31-,32+,35+,37+,38+/m1/s1. The Morgan fingerprint density at radius 3 is 2.02 bits per heavy atom. The summed E-state index contributed by atoms with van der Waals surface area (Å²) in [5.74, 6) is -0.585. The van der Waals surface area contributed by atoms with E-state index in [1.165, 1.54) is 10.4 Å². The first kappa shape index (κ1) is 37.5. The molecule has 46 heavy (non-hydrogen) atoms. The number of fused-ring (bicyclic) bond motifs is 2. The Kier molecular flexibility index (Phi) is 12.9. The maximum Gasteiger partial charge on any atom is 0.261 e. The molecule has 2 bridgehead atoms. The van der Waals surface area contributed by atoms with Crippen molar-refractivity contribution in [1.82, 2.24) is 0 Å². The minimum Gasteiger partial charge on any atom is -0.414 e. The Morgan fingerprint density at radius 2 is 1.48 bits per heavy atom. The van der Waals surface area contributed by atoms with Gasteiger partial charge in [0.25, 0.3) is 8.32 Å². The highest BCUT2D eigenvalue weighted by Gasteiger charge is 2.50. The van der Waals surface area contributed by atoms with Gasteiger partial charge in [-0.3, -0.25) is 0 Å². The molecule has 0 spiro atoms. The van der Waals surface area contributed by atoms with Crippen LogP contribution in [-0.4, -0.2) is 69.8 Å². The van der Waals surface area contributed by atoms with Crippen molar-refractivity contribution in [3.8, 4) is 0 Å². The van der Waals surface area contributed by atoms with Crippen molar-refractivity contribution >= 4 is 27.0 Å². The van der Waals surface area contributed by atoms with Crippen molar-refractivity contribution < 1.29 is 28.5 Å². The summed E-state index contributed by atoms with van der Waals surface area (Å²) in [7, 11) is -4.60. The molecule has 2 aliphatic rings. The zero-order chi connectivity index (χ0) is 33.5. The lowest BCUT2D eigenvalue weighted by Gasteiger charge is -2.43. The van der Waals surface area contributed by atoms with Gasteiger partial charge >= 0.3 is 0 Å². The van der Waals surface area contributed by atoms with Crippen LogP contribution >= 0.6 is 0 Å². The number of hydrogen-bond donors (Lipinski definition) is 2. The molecule has 2 fully saturated rings. The maximum atomic E-state index is 11.6. The molecule has 0 saturated carbocycles. The highest BCUT2D eigenvalue weighted by atomic mass is 28.4. The number of hydrogen-bond acceptors (Lipinski definition) is 6. The second-order valence-electron chi connectivity index (χ2n) is 15.1. The van der Waals surface area contributed by atoms with Gasteiger partial charge in [-0.2, -0.15) is 0 Å². The van der Waals surface area contributed by atoms with Crippen molar-refractivity contribution in [2.24, 2.45) is 0 Å². The number of ether oxygens (including phenoxy) is 2.